The molecule has 0 fully saturated rings. The van der Waals surface area contributed by atoms with Gasteiger partial charge in [-0.25, -0.2) is 0 Å². The first-order chi connectivity index (χ1) is 16.2. The van der Waals surface area contributed by atoms with E-state index in [1.807, 2.05) is 25.1 Å². The van der Waals surface area contributed by atoms with Gasteiger partial charge in [0.15, 0.2) is 0 Å². The lowest BCUT2D eigenvalue weighted by Gasteiger charge is -2.16. The van der Waals surface area contributed by atoms with Crippen molar-refractivity contribution in [1.82, 2.24) is 14.9 Å². The Kier molecular flexibility index (Phi) is 6.36. The van der Waals surface area contributed by atoms with Crippen LogP contribution in [0.2, 0.25) is 0 Å². The van der Waals surface area contributed by atoms with E-state index in [0.29, 0.717) is 5.69 Å². The largest absolute Gasteiger partial charge is 0.344 e. The molecule has 0 saturated carbocycles. The number of hydrogen-bond acceptors (Lipinski definition) is 3. The Morgan fingerprint density at radius 3 is 2.70 bits per heavy atom. The Morgan fingerprint density at radius 2 is 1.88 bits per heavy atom. The molecule has 4 aromatic rings. The van der Waals surface area contributed by atoms with Gasteiger partial charge < -0.3 is 9.88 Å². The lowest BCUT2D eigenvalue weighted by Crippen LogP contribution is -2.17. The van der Waals surface area contributed by atoms with Crippen LogP contribution < -0.4 is 5.32 Å². The lowest BCUT2D eigenvalue weighted by atomic mass is 9.94. The predicted molar refractivity (Wildman–Crippen MR) is 134 cm³/mol. The minimum Gasteiger partial charge on any atom is -0.344 e. The number of nitrogens with zero attached hydrogens (tertiary/aromatic N) is 2. The topological polar surface area (TPSA) is 46.9 Å². The van der Waals surface area contributed by atoms with Crippen molar-refractivity contribution in [3.05, 3.63) is 101 Å². The van der Waals surface area contributed by atoms with Crippen LogP contribution in [0.4, 0.5) is 0 Å². The van der Waals surface area contributed by atoms with Crippen molar-refractivity contribution in [2.24, 2.45) is 0 Å². The fourth-order valence-electron chi connectivity index (χ4n) is 4.97. The molecular formula is C29H31N3O. The van der Waals surface area contributed by atoms with Crippen LogP contribution in [0.3, 0.4) is 0 Å². The van der Waals surface area contributed by atoms with Crippen molar-refractivity contribution < 1.29 is 4.79 Å². The summed E-state index contributed by atoms with van der Waals surface area (Å²) in [4.78, 5) is 17.4. The van der Waals surface area contributed by atoms with E-state index in [2.05, 4.69) is 57.3 Å². The van der Waals surface area contributed by atoms with Crippen LogP contribution in [0.25, 0.3) is 10.9 Å². The van der Waals surface area contributed by atoms with E-state index in [1.165, 1.54) is 40.6 Å². The number of nitrogens with one attached hydrogen (secondary N) is 1. The van der Waals surface area contributed by atoms with Crippen molar-refractivity contribution in [2.75, 3.05) is 6.54 Å². The molecule has 2 aromatic heterocycles. The molecule has 0 aliphatic heterocycles. The first-order valence-corrected chi connectivity index (χ1v) is 12.1. The van der Waals surface area contributed by atoms with Gasteiger partial charge in [0, 0.05) is 41.4 Å². The maximum Gasteiger partial charge on any atom is 0.211 e. The second-order valence-corrected chi connectivity index (χ2v) is 9.08. The van der Waals surface area contributed by atoms with Gasteiger partial charge in [-0.15, -0.1) is 0 Å². The standard InChI is InChI=1S/C29H31N3O/c1-21-12-14-26(31-19-21)29(33)23-13-15-28-25(18-23)24-10-5-6-11-27(24)32(28)17-7-16-30-20-22-8-3-2-4-9-22/h2-4,8-9,12-15,18-19,30H,5-7,10-11,16-17,20H2,1H3. The van der Waals surface area contributed by atoms with Crippen LogP contribution >= 0.6 is 0 Å². The van der Waals surface area contributed by atoms with Gasteiger partial charge in [0.1, 0.15) is 5.69 Å². The van der Waals surface area contributed by atoms with Crippen molar-refractivity contribution in [2.45, 2.75) is 52.1 Å². The summed E-state index contributed by atoms with van der Waals surface area (Å²) in [5, 5.41) is 4.82. The van der Waals surface area contributed by atoms with Gasteiger partial charge in [0.05, 0.1) is 0 Å². The molecule has 1 aliphatic carbocycles. The van der Waals surface area contributed by atoms with Gasteiger partial charge in [-0.3, -0.25) is 9.78 Å². The molecule has 0 saturated heterocycles. The average molecular weight is 438 g/mol. The molecule has 0 amide bonds. The number of pyridine rings is 1. The molecule has 1 aliphatic rings. The minimum absolute atomic E-state index is 0.000628. The maximum absolute atomic E-state index is 13.1. The van der Waals surface area contributed by atoms with Gasteiger partial charge in [-0.05, 0) is 86.5 Å². The van der Waals surface area contributed by atoms with E-state index in [0.717, 1.165) is 50.0 Å². The molecule has 2 heterocycles. The zero-order valence-electron chi connectivity index (χ0n) is 19.3. The summed E-state index contributed by atoms with van der Waals surface area (Å²) in [6.45, 7) is 4.88. The fraction of sp³-hybridized carbons (Fsp3) is 0.310. The van der Waals surface area contributed by atoms with E-state index in [4.69, 9.17) is 0 Å². The van der Waals surface area contributed by atoms with E-state index in [1.54, 1.807) is 6.20 Å². The Hall–Kier alpha value is -3.24. The van der Waals surface area contributed by atoms with E-state index in [-0.39, 0.29) is 5.78 Å². The van der Waals surface area contributed by atoms with Gasteiger partial charge in [-0.1, -0.05) is 36.4 Å². The van der Waals surface area contributed by atoms with E-state index < -0.39 is 0 Å². The van der Waals surface area contributed by atoms with Gasteiger partial charge >= 0.3 is 0 Å². The normalized spacial score (nSPS) is 13.2. The lowest BCUT2D eigenvalue weighted by molar-refractivity contribution is 0.103. The molecule has 0 spiro atoms. The number of hydrogen-bond donors (Lipinski definition) is 1. The van der Waals surface area contributed by atoms with Crippen LogP contribution in [-0.4, -0.2) is 21.9 Å². The number of benzene rings is 2. The minimum atomic E-state index is -0.000628. The smallest absolute Gasteiger partial charge is 0.211 e. The molecule has 1 N–H and O–H groups in total. The second kappa shape index (κ2) is 9.72. The first-order valence-electron chi connectivity index (χ1n) is 12.1. The highest BCUT2D eigenvalue weighted by Crippen LogP contribution is 2.33. The predicted octanol–water partition coefficient (Wildman–Crippen LogP) is 5.63. The highest BCUT2D eigenvalue weighted by Gasteiger charge is 2.21. The zero-order valence-corrected chi connectivity index (χ0v) is 19.3. The number of carbonyl (C=O) groups is 1. The van der Waals surface area contributed by atoms with Crippen LogP contribution in [0.1, 0.15) is 57.7 Å². The monoisotopic (exact) mass is 437 g/mol. The van der Waals surface area contributed by atoms with Gasteiger partial charge in [0.2, 0.25) is 5.78 Å². The maximum atomic E-state index is 13.1. The second-order valence-electron chi connectivity index (χ2n) is 9.08. The van der Waals surface area contributed by atoms with Crippen LogP contribution in [0.15, 0.2) is 66.9 Å². The molecule has 168 valence electrons. The molecule has 4 nitrogen and oxygen atoms in total. The van der Waals surface area contributed by atoms with Crippen LogP contribution in [-0.2, 0) is 25.9 Å². The summed E-state index contributed by atoms with van der Waals surface area (Å²) in [5.41, 5.74) is 7.80. The van der Waals surface area contributed by atoms with Crippen LogP contribution in [0, 0.1) is 6.92 Å². The third kappa shape index (κ3) is 4.62. The highest BCUT2D eigenvalue weighted by atomic mass is 16.1. The third-order valence-electron chi connectivity index (χ3n) is 6.69. The highest BCUT2D eigenvalue weighted by molar-refractivity contribution is 6.09. The SMILES string of the molecule is Cc1ccc(C(=O)c2ccc3c(c2)c2c(n3CCCNCc3ccccc3)CCCC2)nc1. The Bertz CT molecular complexity index is 1260. The third-order valence-corrected chi connectivity index (χ3v) is 6.69. The quantitative estimate of drug-likeness (QED) is 0.287. The Labute approximate surface area is 195 Å². The number of carbonyl (C=O) groups excluding carboxylic acids is 1. The number of aromatic nitrogens is 2. The summed E-state index contributed by atoms with van der Waals surface area (Å²) in [7, 11) is 0. The molecule has 4 heteroatoms. The summed E-state index contributed by atoms with van der Waals surface area (Å²) >= 11 is 0. The molecule has 0 bridgehead atoms. The van der Waals surface area contributed by atoms with Gasteiger partial charge in [-0.2, -0.15) is 0 Å². The van der Waals surface area contributed by atoms with E-state index >= 15 is 0 Å². The zero-order chi connectivity index (χ0) is 22.6. The molecular weight excluding hydrogens is 406 g/mol. The molecule has 5 rings (SSSR count). The first kappa shape index (κ1) is 21.6. The number of aryl methyl sites for hydroxylation is 3. The molecule has 0 atom stereocenters. The van der Waals surface area contributed by atoms with E-state index in [9.17, 15) is 4.79 Å². The molecule has 0 radical (unpaired) electrons. The Morgan fingerprint density at radius 1 is 1.03 bits per heavy atom. The van der Waals surface area contributed by atoms with Crippen molar-refractivity contribution in [1.29, 1.82) is 0 Å². The van der Waals surface area contributed by atoms with Crippen molar-refractivity contribution >= 4 is 16.7 Å². The number of ketones is 1. The molecule has 0 unspecified atom stereocenters. The summed E-state index contributed by atoms with van der Waals surface area (Å²) in [5.74, 6) is -0.000628. The summed E-state index contributed by atoms with van der Waals surface area (Å²) in [6, 6.07) is 20.5. The van der Waals surface area contributed by atoms with Crippen LogP contribution in [0.5, 0.6) is 0 Å². The van der Waals surface area contributed by atoms with Crippen molar-refractivity contribution in [3.8, 4) is 0 Å². The number of fused-ring (bicyclic) bond motifs is 3. The number of rotatable bonds is 8. The Balaban J connectivity index is 1.35. The molecule has 33 heavy (non-hydrogen) atoms. The summed E-state index contributed by atoms with van der Waals surface area (Å²) < 4.78 is 2.51. The van der Waals surface area contributed by atoms with Gasteiger partial charge in [0.25, 0.3) is 0 Å². The fourth-order valence-corrected chi connectivity index (χ4v) is 4.97. The summed E-state index contributed by atoms with van der Waals surface area (Å²) in [6.07, 6.45) is 7.54. The van der Waals surface area contributed by atoms with Crippen molar-refractivity contribution in [3.63, 3.8) is 0 Å². The average Bonchev–Trinajstić information content (AvgIpc) is 3.17. The molecule has 2 aromatic carbocycles.